The summed E-state index contributed by atoms with van der Waals surface area (Å²) in [7, 11) is 0. The van der Waals surface area contributed by atoms with Gasteiger partial charge in [0, 0.05) is 13.2 Å². The molecule has 0 unspecified atom stereocenters. The van der Waals surface area contributed by atoms with Gasteiger partial charge in [-0.2, -0.15) is 0 Å². The van der Waals surface area contributed by atoms with Crippen molar-refractivity contribution in [3.8, 4) is 0 Å². The van der Waals surface area contributed by atoms with Gasteiger partial charge in [0.15, 0.2) is 0 Å². The molecule has 13 heavy (non-hydrogen) atoms. The molecule has 0 radical (unpaired) electrons. The van der Waals surface area contributed by atoms with Crippen LogP contribution in [0.15, 0.2) is 9.76 Å². The fourth-order valence-electron chi connectivity index (χ4n) is 1.25. The number of hydrogen-bond acceptors (Lipinski definition) is 4. The number of halogens is 2. The van der Waals surface area contributed by atoms with E-state index in [0.717, 1.165) is 26.1 Å². The molecule has 1 heterocycles. The van der Waals surface area contributed by atoms with Crippen molar-refractivity contribution in [2.75, 3.05) is 13.2 Å². The third-order valence-corrected chi connectivity index (χ3v) is 3.01. The minimum atomic E-state index is 0.220. The normalized spacial score (nSPS) is 21.2. The summed E-state index contributed by atoms with van der Waals surface area (Å²) in [6, 6.07) is 0.220. The van der Waals surface area contributed by atoms with Gasteiger partial charge in [-0.25, -0.2) is 5.84 Å². The molecule has 0 aromatic rings. The molecule has 0 aromatic carbocycles. The first kappa shape index (κ1) is 11.1. The van der Waals surface area contributed by atoms with Crippen molar-refractivity contribution in [1.29, 1.82) is 0 Å². The van der Waals surface area contributed by atoms with Crippen LogP contribution in [-0.4, -0.2) is 24.3 Å². The zero-order valence-electron chi connectivity index (χ0n) is 7.17. The standard InChI is InChI=1S/C7H13BrClN3O/c8-6(10)7(9)12(11)5-1-3-13-4-2-5/h5H,1-4,10-11H2/b7-6-. The number of hydrogen-bond donors (Lipinski definition) is 2. The molecular formula is C7H13BrClN3O. The van der Waals surface area contributed by atoms with E-state index in [0.29, 0.717) is 9.76 Å². The molecule has 0 saturated carbocycles. The van der Waals surface area contributed by atoms with E-state index in [9.17, 15) is 0 Å². The summed E-state index contributed by atoms with van der Waals surface area (Å²) in [5, 5.41) is 1.85. The SMILES string of the molecule is N/C(Br)=C(/Cl)N(N)C1CCOCC1. The van der Waals surface area contributed by atoms with Gasteiger partial charge >= 0.3 is 0 Å². The summed E-state index contributed by atoms with van der Waals surface area (Å²) < 4.78 is 5.57. The number of rotatable bonds is 2. The Hall–Kier alpha value is 0.0300. The molecule has 0 amide bonds. The van der Waals surface area contributed by atoms with Crippen LogP contribution in [0.1, 0.15) is 12.8 Å². The Morgan fingerprint density at radius 3 is 2.46 bits per heavy atom. The lowest BCUT2D eigenvalue weighted by molar-refractivity contribution is 0.0478. The predicted octanol–water partition coefficient (Wildman–Crippen LogP) is 1.06. The minimum Gasteiger partial charge on any atom is -0.391 e. The lowest BCUT2D eigenvalue weighted by atomic mass is 10.1. The summed E-state index contributed by atoms with van der Waals surface area (Å²) in [6.07, 6.45) is 1.76. The van der Waals surface area contributed by atoms with Crippen LogP contribution in [-0.2, 0) is 4.74 Å². The second-order valence-corrected chi connectivity index (χ2v) is 4.10. The van der Waals surface area contributed by atoms with E-state index >= 15 is 0 Å². The molecule has 4 N–H and O–H groups in total. The quantitative estimate of drug-likeness (QED) is 0.447. The van der Waals surface area contributed by atoms with E-state index in [1.54, 1.807) is 0 Å². The first-order chi connectivity index (χ1) is 6.13. The van der Waals surface area contributed by atoms with Gasteiger partial charge in [0.2, 0.25) is 0 Å². The van der Waals surface area contributed by atoms with E-state index in [1.807, 2.05) is 0 Å². The van der Waals surface area contributed by atoms with Gasteiger partial charge in [-0.15, -0.1) is 0 Å². The Bertz CT molecular complexity index is 202. The third-order valence-electron chi connectivity index (χ3n) is 2.01. The second kappa shape index (κ2) is 5.05. The second-order valence-electron chi connectivity index (χ2n) is 2.89. The van der Waals surface area contributed by atoms with Crippen LogP contribution in [0.3, 0.4) is 0 Å². The molecule has 0 bridgehead atoms. The lowest BCUT2D eigenvalue weighted by Gasteiger charge is -2.31. The molecule has 1 fully saturated rings. The van der Waals surface area contributed by atoms with Gasteiger partial charge in [-0.1, -0.05) is 11.6 Å². The summed E-state index contributed by atoms with van der Waals surface area (Å²) in [5.74, 6) is 5.77. The summed E-state index contributed by atoms with van der Waals surface area (Å²) >= 11 is 8.95. The van der Waals surface area contributed by atoms with Crippen LogP contribution in [0.5, 0.6) is 0 Å². The van der Waals surface area contributed by atoms with Gasteiger partial charge in [-0.05, 0) is 28.8 Å². The fraction of sp³-hybridized carbons (Fsp3) is 0.714. The van der Waals surface area contributed by atoms with Crippen LogP contribution in [0, 0.1) is 0 Å². The topological polar surface area (TPSA) is 64.5 Å². The maximum Gasteiger partial charge on any atom is 0.149 e. The largest absolute Gasteiger partial charge is 0.391 e. The number of hydrazine groups is 1. The van der Waals surface area contributed by atoms with Crippen LogP contribution < -0.4 is 11.6 Å². The Kier molecular flexibility index (Phi) is 4.31. The van der Waals surface area contributed by atoms with Crippen molar-refractivity contribution in [2.45, 2.75) is 18.9 Å². The number of nitrogens with zero attached hydrogens (tertiary/aromatic N) is 1. The van der Waals surface area contributed by atoms with Crippen molar-refractivity contribution in [3.05, 3.63) is 9.76 Å². The zero-order valence-corrected chi connectivity index (χ0v) is 9.51. The van der Waals surface area contributed by atoms with Crippen LogP contribution in [0.4, 0.5) is 0 Å². The highest BCUT2D eigenvalue weighted by Crippen LogP contribution is 2.20. The van der Waals surface area contributed by atoms with Crippen LogP contribution >= 0.6 is 27.5 Å². The Morgan fingerprint density at radius 1 is 1.46 bits per heavy atom. The first-order valence-corrected chi connectivity index (χ1v) is 5.22. The lowest BCUT2D eigenvalue weighted by Crippen LogP contribution is -2.42. The van der Waals surface area contributed by atoms with Gasteiger partial charge < -0.3 is 10.5 Å². The summed E-state index contributed by atoms with van der Waals surface area (Å²) in [6.45, 7) is 1.45. The molecule has 0 spiro atoms. The molecule has 4 nitrogen and oxygen atoms in total. The van der Waals surface area contributed by atoms with Crippen LogP contribution in [0.2, 0.25) is 0 Å². The molecule has 1 saturated heterocycles. The smallest absolute Gasteiger partial charge is 0.149 e. The van der Waals surface area contributed by atoms with Crippen molar-refractivity contribution >= 4 is 27.5 Å². The van der Waals surface area contributed by atoms with Gasteiger partial charge in [0.05, 0.1) is 6.04 Å². The molecule has 76 valence electrons. The molecule has 0 aromatic heterocycles. The van der Waals surface area contributed by atoms with Crippen molar-refractivity contribution < 1.29 is 4.74 Å². The summed E-state index contributed by atoms with van der Waals surface area (Å²) in [4.78, 5) is 0. The molecule has 1 aliphatic heterocycles. The van der Waals surface area contributed by atoms with Crippen molar-refractivity contribution in [1.82, 2.24) is 5.01 Å². The highest BCUT2D eigenvalue weighted by Gasteiger charge is 2.21. The Balaban J connectivity index is 2.55. The maximum atomic E-state index is 5.87. The number of ether oxygens (including phenoxy) is 1. The predicted molar refractivity (Wildman–Crippen MR) is 55.9 cm³/mol. The van der Waals surface area contributed by atoms with Crippen molar-refractivity contribution in [2.24, 2.45) is 11.6 Å². The minimum absolute atomic E-state index is 0.220. The molecular weight excluding hydrogens is 257 g/mol. The molecule has 1 aliphatic rings. The average Bonchev–Trinajstić information content (AvgIpc) is 2.17. The van der Waals surface area contributed by atoms with E-state index in [-0.39, 0.29) is 6.04 Å². The van der Waals surface area contributed by atoms with E-state index in [1.165, 1.54) is 5.01 Å². The molecule has 1 rings (SSSR count). The van der Waals surface area contributed by atoms with Crippen LogP contribution in [0.25, 0.3) is 0 Å². The third kappa shape index (κ3) is 3.02. The van der Waals surface area contributed by atoms with Gasteiger partial charge in [-0.3, -0.25) is 5.01 Å². The highest BCUT2D eigenvalue weighted by atomic mass is 79.9. The average molecular weight is 271 g/mol. The monoisotopic (exact) mass is 269 g/mol. The van der Waals surface area contributed by atoms with Gasteiger partial charge in [0.25, 0.3) is 0 Å². The van der Waals surface area contributed by atoms with Gasteiger partial charge in [0.1, 0.15) is 9.76 Å². The van der Waals surface area contributed by atoms with E-state index in [2.05, 4.69) is 15.9 Å². The summed E-state index contributed by atoms with van der Waals surface area (Å²) in [5.41, 5.74) is 5.45. The highest BCUT2D eigenvalue weighted by molar-refractivity contribution is 9.11. The van der Waals surface area contributed by atoms with E-state index in [4.69, 9.17) is 27.9 Å². The fourth-order valence-corrected chi connectivity index (χ4v) is 1.59. The zero-order chi connectivity index (χ0) is 9.84. The number of nitrogens with two attached hydrogens (primary N) is 2. The van der Waals surface area contributed by atoms with Crippen molar-refractivity contribution in [3.63, 3.8) is 0 Å². The Morgan fingerprint density at radius 2 is 2.00 bits per heavy atom. The Labute approximate surface area is 90.9 Å². The molecule has 0 aliphatic carbocycles. The van der Waals surface area contributed by atoms with E-state index < -0.39 is 0 Å². The first-order valence-electron chi connectivity index (χ1n) is 4.05. The maximum absolute atomic E-state index is 5.87. The molecule has 6 heteroatoms. The molecule has 0 atom stereocenters.